The highest BCUT2D eigenvalue weighted by Crippen LogP contribution is 2.26. The van der Waals surface area contributed by atoms with Gasteiger partial charge in [0.15, 0.2) is 0 Å². The molecular weight excluding hydrogens is 234 g/mol. The summed E-state index contributed by atoms with van der Waals surface area (Å²) in [5.74, 6) is 1.92. The zero-order valence-electron chi connectivity index (χ0n) is 12.2. The molecular formula is C17H27NO. The largest absolute Gasteiger partial charge is 0.494 e. The number of hydrogen-bond acceptors (Lipinski definition) is 2. The summed E-state index contributed by atoms with van der Waals surface area (Å²) in [6.07, 6.45) is 9.54. The average molecular weight is 261 g/mol. The number of ether oxygens (including phenoxy) is 1. The number of nitrogens with one attached hydrogen (secondary N) is 1. The molecule has 0 saturated heterocycles. The molecule has 19 heavy (non-hydrogen) atoms. The van der Waals surface area contributed by atoms with Crippen molar-refractivity contribution in [3.63, 3.8) is 0 Å². The first-order valence-corrected chi connectivity index (χ1v) is 7.85. The van der Waals surface area contributed by atoms with Gasteiger partial charge in [0.1, 0.15) is 5.75 Å². The molecule has 0 radical (unpaired) electrons. The van der Waals surface area contributed by atoms with Crippen LogP contribution in [0.25, 0.3) is 0 Å². The van der Waals surface area contributed by atoms with Gasteiger partial charge in [-0.05, 0) is 30.9 Å². The predicted octanol–water partition coefficient (Wildman–Crippen LogP) is 4.86. The van der Waals surface area contributed by atoms with Gasteiger partial charge in [-0.25, -0.2) is 0 Å². The number of rotatable bonds is 7. The molecule has 0 aromatic heterocycles. The van der Waals surface area contributed by atoms with Gasteiger partial charge in [-0.3, -0.25) is 0 Å². The third-order valence-electron chi connectivity index (χ3n) is 3.91. The lowest BCUT2D eigenvalue weighted by Gasteiger charge is -2.21. The fourth-order valence-corrected chi connectivity index (χ4v) is 2.81. The molecule has 1 aromatic rings. The normalized spacial score (nSPS) is 16.3. The van der Waals surface area contributed by atoms with Crippen LogP contribution in [0.5, 0.6) is 5.75 Å². The lowest BCUT2D eigenvalue weighted by molar-refractivity contribution is 0.317. The summed E-state index contributed by atoms with van der Waals surface area (Å²) in [6, 6.07) is 8.33. The number of benzene rings is 1. The second kappa shape index (κ2) is 8.08. The monoisotopic (exact) mass is 261 g/mol. The second-order valence-corrected chi connectivity index (χ2v) is 5.60. The maximum absolute atomic E-state index is 5.65. The van der Waals surface area contributed by atoms with Crippen LogP contribution in [-0.4, -0.2) is 13.2 Å². The lowest BCUT2D eigenvalue weighted by Crippen LogP contribution is -2.12. The molecule has 2 rings (SSSR count). The van der Waals surface area contributed by atoms with Crippen LogP contribution in [0.15, 0.2) is 24.3 Å². The fraction of sp³-hybridized carbons (Fsp3) is 0.647. The van der Waals surface area contributed by atoms with Crippen LogP contribution < -0.4 is 10.1 Å². The third kappa shape index (κ3) is 5.14. The van der Waals surface area contributed by atoms with E-state index in [4.69, 9.17) is 4.74 Å². The molecule has 1 saturated carbocycles. The SMILES string of the molecule is CCCOc1cccc(NCCC2CCCCC2)c1. The molecule has 0 amide bonds. The summed E-state index contributed by atoms with van der Waals surface area (Å²) in [5, 5.41) is 3.53. The Labute approximate surface area is 117 Å². The van der Waals surface area contributed by atoms with Gasteiger partial charge in [0.2, 0.25) is 0 Å². The molecule has 0 bridgehead atoms. The van der Waals surface area contributed by atoms with E-state index in [0.29, 0.717) is 0 Å². The van der Waals surface area contributed by atoms with Crippen LogP contribution in [0.2, 0.25) is 0 Å². The molecule has 1 N–H and O–H groups in total. The van der Waals surface area contributed by atoms with Gasteiger partial charge in [-0.15, -0.1) is 0 Å². The van der Waals surface area contributed by atoms with Gasteiger partial charge >= 0.3 is 0 Å². The molecule has 0 heterocycles. The second-order valence-electron chi connectivity index (χ2n) is 5.60. The van der Waals surface area contributed by atoms with Gasteiger partial charge in [0, 0.05) is 18.3 Å². The van der Waals surface area contributed by atoms with E-state index in [9.17, 15) is 0 Å². The first-order chi connectivity index (χ1) is 9.38. The number of hydrogen-bond donors (Lipinski definition) is 1. The van der Waals surface area contributed by atoms with Crippen molar-refractivity contribution in [1.82, 2.24) is 0 Å². The summed E-state index contributed by atoms with van der Waals surface area (Å²) in [7, 11) is 0. The molecule has 1 aliphatic rings. The molecule has 1 aliphatic carbocycles. The minimum Gasteiger partial charge on any atom is -0.494 e. The molecule has 2 nitrogen and oxygen atoms in total. The summed E-state index contributed by atoms with van der Waals surface area (Å²) in [4.78, 5) is 0. The first kappa shape index (κ1) is 14.2. The van der Waals surface area contributed by atoms with Crippen LogP contribution in [0.4, 0.5) is 5.69 Å². The molecule has 0 spiro atoms. The van der Waals surface area contributed by atoms with Crippen LogP contribution in [0, 0.1) is 5.92 Å². The first-order valence-electron chi connectivity index (χ1n) is 7.85. The van der Waals surface area contributed by atoms with E-state index in [1.54, 1.807) is 0 Å². The molecule has 106 valence electrons. The Balaban J connectivity index is 1.72. The lowest BCUT2D eigenvalue weighted by atomic mass is 9.87. The zero-order valence-corrected chi connectivity index (χ0v) is 12.2. The van der Waals surface area contributed by atoms with E-state index in [1.807, 2.05) is 6.07 Å². The quantitative estimate of drug-likeness (QED) is 0.757. The topological polar surface area (TPSA) is 21.3 Å². The van der Waals surface area contributed by atoms with Crippen molar-refractivity contribution in [2.45, 2.75) is 51.9 Å². The Kier molecular flexibility index (Phi) is 6.06. The van der Waals surface area contributed by atoms with Crippen molar-refractivity contribution in [2.24, 2.45) is 5.92 Å². The Hall–Kier alpha value is -1.18. The van der Waals surface area contributed by atoms with Gasteiger partial charge in [0.25, 0.3) is 0 Å². The molecule has 1 aromatic carbocycles. The maximum Gasteiger partial charge on any atom is 0.121 e. The summed E-state index contributed by atoms with van der Waals surface area (Å²) < 4.78 is 5.65. The Morgan fingerprint density at radius 3 is 2.84 bits per heavy atom. The Morgan fingerprint density at radius 1 is 1.21 bits per heavy atom. The molecule has 0 unspecified atom stereocenters. The predicted molar refractivity (Wildman–Crippen MR) is 81.9 cm³/mol. The summed E-state index contributed by atoms with van der Waals surface area (Å²) >= 11 is 0. The van der Waals surface area contributed by atoms with E-state index < -0.39 is 0 Å². The smallest absolute Gasteiger partial charge is 0.121 e. The molecule has 0 atom stereocenters. The van der Waals surface area contributed by atoms with Gasteiger partial charge < -0.3 is 10.1 Å². The molecule has 1 fully saturated rings. The van der Waals surface area contributed by atoms with Crippen LogP contribution >= 0.6 is 0 Å². The molecule has 2 heteroatoms. The summed E-state index contributed by atoms with van der Waals surface area (Å²) in [6.45, 7) is 4.01. The highest BCUT2D eigenvalue weighted by Gasteiger charge is 2.12. The van der Waals surface area contributed by atoms with Crippen molar-refractivity contribution < 1.29 is 4.74 Å². The van der Waals surface area contributed by atoms with E-state index in [-0.39, 0.29) is 0 Å². The molecule has 0 aliphatic heterocycles. The number of anilines is 1. The minimum absolute atomic E-state index is 0.797. The Morgan fingerprint density at radius 2 is 2.05 bits per heavy atom. The maximum atomic E-state index is 5.65. The van der Waals surface area contributed by atoms with E-state index in [1.165, 1.54) is 44.2 Å². The van der Waals surface area contributed by atoms with Crippen molar-refractivity contribution in [1.29, 1.82) is 0 Å². The van der Waals surface area contributed by atoms with Crippen LogP contribution in [0.1, 0.15) is 51.9 Å². The van der Waals surface area contributed by atoms with E-state index >= 15 is 0 Å². The standard InChI is InChI=1S/C17H27NO/c1-2-13-19-17-10-6-9-16(14-17)18-12-11-15-7-4-3-5-8-15/h6,9-10,14-15,18H,2-5,7-8,11-13H2,1H3. The van der Waals surface area contributed by atoms with Crippen LogP contribution in [-0.2, 0) is 0 Å². The summed E-state index contributed by atoms with van der Waals surface area (Å²) in [5.41, 5.74) is 1.18. The highest BCUT2D eigenvalue weighted by atomic mass is 16.5. The van der Waals surface area contributed by atoms with Gasteiger partial charge in [0.05, 0.1) is 6.61 Å². The van der Waals surface area contributed by atoms with Crippen LogP contribution in [0.3, 0.4) is 0 Å². The van der Waals surface area contributed by atoms with Crippen molar-refractivity contribution in [2.75, 3.05) is 18.5 Å². The van der Waals surface area contributed by atoms with E-state index in [0.717, 1.165) is 31.2 Å². The minimum atomic E-state index is 0.797. The fourth-order valence-electron chi connectivity index (χ4n) is 2.81. The Bertz CT molecular complexity index is 358. The van der Waals surface area contributed by atoms with Gasteiger partial charge in [-0.2, -0.15) is 0 Å². The van der Waals surface area contributed by atoms with Crippen molar-refractivity contribution in [3.05, 3.63) is 24.3 Å². The van der Waals surface area contributed by atoms with Crippen molar-refractivity contribution in [3.8, 4) is 5.75 Å². The zero-order chi connectivity index (χ0) is 13.3. The van der Waals surface area contributed by atoms with Crippen molar-refractivity contribution >= 4 is 5.69 Å². The van der Waals surface area contributed by atoms with Gasteiger partial charge in [-0.1, -0.05) is 45.1 Å². The average Bonchev–Trinajstić information content (AvgIpc) is 2.47. The highest BCUT2D eigenvalue weighted by molar-refractivity contribution is 5.48. The third-order valence-corrected chi connectivity index (χ3v) is 3.91. The van der Waals surface area contributed by atoms with E-state index in [2.05, 4.69) is 30.4 Å².